The van der Waals surface area contributed by atoms with E-state index in [-0.39, 0.29) is 34.5 Å². The molecule has 0 spiro atoms. The van der Waals surface area contributed by atoms with Gasteiger partial charge in [0.05, 0.1) is 26.4 Å². The van der Waals surface area contributed by atoms with Crippen LogP contribution in [0.1, 0.15) is 43.6 Å². The summed E-state index contributed by atoms with van der Waals surface area (Å²) in [6.07, 6.45) is 0.927. The third-order valence-electron chi connectivity index (χ3n) is 5.69. The summed E-state index contributed by atoms with van der Waals surface area (Å²) >= 11 is 1.47. The fourth-order valence-corrected chi connectivity index (χ4v) is 5.71. The quantitative estimate of drug-likeness (QED) is 0.382. The first kappa shape index (κ1) is 27.2. The molecule has 6 nitrogen and oxygen atoms in total. The molecule has 0 bridgehead atoms. The van der Waals surface area contributed by atoms with Crippen LogP contribution in [-0.2, 0) is 16.3 Å². The maximum Gasteiger partial charge on any atom is 0.261 e. The van der Waals surface area contributed by atoms with E-state index in [9.17, 15) is 13.2 Å². The predicted octanol–water partition coefficient (Wildman–Crippen LogP) is 5.06. The Bertz CT molecular complexity index is 1190. The summed E-state index contributed by atoms with van der Waals surface area (Å²) < 4.78 is 26.3. The Hall–Kier alpha value is -2.00. The number of rotatable bonds is 10. The van der Waals surface area contributed by atoms with Crippen LogP contribution in [0, 0.1) is 0 Å². The third kappa shape index (κ3) is 6.12. The molecule has 0 aliphatic rings. The maximum atomic E-state index is 13.7. The normalized spacial score (nSPS) is 11.5. The predicted molar refractivity (Wildman–Crippen MR) is 140 cm³/mol. The van der Waals surface area contributed by atoms with Gasteiger partial charge in [0.25, 0.3) is 5.91 Å². The van der Waals surface area contributed by atoms with E-state index in [1.165, 1.54) is 23.0 Å². The van der Waals surface area contributed by atoms with Crippen molar-refractivity contribution < 1.29 is 13.2 Å². The number of aromatic nitrogens is 1. The van der Waals surface area contributed by atoms with Crippen molar-refractivity contribution in [1.29, 1.82) is 0 Å². The minimum atomic E-state index is -3.54. The number of sulfone groups is 1. The molecule has 1 amide bonds. The van der Waals surface area contributed by atoms with Gasteiger partial charge in [-0.2, -0.15) is 0 Å². The van der Waals surface area contributed by atoms with E-state index in [4.69, 9.17) is 4.98 Å². The van der Waals surface area contributed by atoms with Crippen LogP contribution in [0.5, 0.6) is 0 Å². The minimum Gasteiger partial charge on any atom is -0.302 e. The van der Waals surface area contributed by atoms with Gasteiger partial charge in [0.1, 0.15) is 0 Å². The Labute approximate surface area is 207 Å². The number of thiazole rings is 1. The molecule has 3 aromatic rings. The molecule has 3 rings (SSSR count). The smallest absolute Gasteiger partial charge is 0.261 e. The molecule has 0 saturated carbocycles. The second-order valence-corrected chi connectivity index (χ2v) is 10.8. The number of carbonyl (C=O) groups is 1. The first-order valence-electron chi connectivity index (χ1n) is 11.1. The molecule has 0 N–H and O–H groups in total. The van der Waals surface area contributed by atoms with Gasteiger partial charge in [-0.05, 0) is 49.3 Å². The van der Waals surface area contributed by atoms with Crippen LogP contribution in [0.4, 0.5) is 5.13 Å². The van der Waals surface area contributed by atoms with Crippen molar-refractivity contribution in [3.8, 4) is 0 Å². The zero-order valence-electron chi connectivity index (χ0n) is 19.6. The lowest BCUT2D eigenvalue weighted by atomic mass is 10.2. The van der Waals surface area contributed by atoms with Crippen LogP contribution < -0.4 is 4.90 Å². The number of amides is 1. The second kappa shape index (κ2) is 11.9. The second-order valence-electron chi connectivity index (χ2n) is 7.54. The van der Waals surface area contributed by atoms with Crippen molar-refractivity contribution in [2.45, 2.75) is 39.0 Å². The average molecular weight is 510 g/mol. The Balaban J connectivity index is 0.00000385. The molecule has 0 unspecified atom stereocenters. The van der Waals surface area contributed by atoms with Gasteiger partial charge in [-0.3, -0.25) is 9.69 Å². The van der Waals surface area contributed by atoms with Gasteiger partial charge in [-0.1, -0.05) is 57.2 Å². The number of carbonyl (C=O) groups excluding carboxylic acids is 1. The van der Waals surface area contributed by atoms with Gasteiger partial charge in [-0.15, -0.1) is 12.4 Å². The molecule has 0 radical (unpaired) electrons. The maximum absolute atomic E-state index is 13.7. The molecule has 0 aliphatic heterocycles. The van der Waals surface area contributed by atoms with Gasteiger partial charge in [0.2, 0.25) is 0 Å². The fourth-order valence-electron chi connectivity index (χ4n) is 3.57. The molecule has 0 atom stereocenters. The topological polar surface area (TPSA) is 70.6 Å². The van der Waals surface area contributed by atoms with Crippen LogP contribution in [0.15, 0.2) is 47.4 Å². The van der Waals surface area contributed by atoms with Crippen LogP contribution in [-0.4, -0.2) is 56.1 Å². The van der Waals surface area contributed by atoms with Crippen LogP contribution in [0.25, 0.3) is 10.2 Å². The number of anilines is 1. The van der Waals surface area contributed by atoms with Gasteiger partial charge >= 0.3 is 0 Å². The van der Waals surface area contributed by atoms with Gasteiger partial charge in [0, 0.05) is 13.1 Å². The highest BCUT2D eigenvalue weighted by Crippen LogP contribution is 2.31. The highest BCUT2D eigenvalue weighted by molar-refractivity contribution is 7.91. The number of hydrogen-bond donors (Lipinski definition) is 0. The molecule has 33 heavy (non-hydrogen) atoms. The average Bonchev–Trinajstić information content (AvgIpc) is 3.24. The molecule has 1 heterocycles. The molecular formula is C24H32ClN3O3S2. The van der Waals surface area contributed by atoms with E-state index < -0.39 is 9.84 Å². The number of hydrogen-bond acceptors (Lipinski definition) is 6. The van der Waals surface area contributed by atoms with Crippen molar-refractivity contribution >= 4 is 54.8 Å². The summed E-state index contributed by atoms with van der Waals surface area (Å²) in [5, 5.41) is 0.592. The number of likely N-dealkylation sites (N-methyl/N-ethyl adjacent to an activating group) is 1. The fraction of sp³-hybridized carbons (Fsp3) is 0.417. The molecule has 2 aromatic carbocycles. The molecule has 9 heteroatoms. The first-order chi connectivity index (χ1) is 15.3. The minimum absolute atomic E-state index is 0. The van der Waals surface area contributed by atoms with E-state index in [1.807, 2.05) is 6.07 Å². The summed E-state index contributed by atoms with van der Waals surface area (Å²) in [5.41, 5.74) is 2.26. The number of halogens is 1. The van der Waals surface area contributed by atoms with Crippen molar-refractivity contribution in [3.63, 3.8) is 0 Å². The highest BCUT2D eigenvalue weighted by atomic mass is 35.5. The zero-order chi connectivity index (χ0) is 23.3. The lowest BCUT2D eigenvalue weighted by Crippen LogP contribution is -2.39. The van der Waals surface area contributed by atoms with Crippen LogP contribution >= 0.6 is 23.7 Å². The Morgan fingerprint density at radius 1 is 1.00 bits per heavy atom. The molecule has 0 aliphatic carbocycles. The molecular weight excluding hydrogens is 478 g/mol. The highest BCUT2D eigenvalue weighted by Gasteiger charge is 2.27. The SMILES string of the molecule is CCc1ccc2nc(N(CCN(CC)CC)C(=O)c3ccccc3S(=O)(=O)CC)sc2c1.Cl. The largest absolute Gasteiger partial charge is 0.302 e. The summed E-state index contributed by atoms with van der Waals surface area (Å²) in [6.45, 7) is 10.7. The van der Waals surface area contributed by atoms with E-state index >= 15 is 0 Å². The Morgan fingerprint density at radius 2 is 1.70 bits per heavy atom. The van der Waals surface area contributed by atoms with Crippen LogP contribution in [0.2, 0.25) is 0 Å². The molecule has 0 saturated heterocycles. The molecule has 0 fully saturated rings. The molecule has 1 aromatic heterocycles. The standard InChI is InChI=1S/C24H31N3O3S2.ClH/c1-5-18-13-14-20-21(17-18)31-24(25-20)27(16-15-26(6-2)7-3)23(28)19-11-9-10-12-22(19)32(29,30)8-4;/h9-14,17H,5-8,15-16H2,1-4H3;1H. The number of benzene rings is 2. The molecule has 180 valence electrons. The number of fused-ring (bicyclic) bond motifs is 1. The lowest BCUT2D eigenvalue weighted by molar-refractivity contribution is 0.0980. The first-order valence-corrected chi connectivity index (χ1v) is 13.6. The number of aryl methyl sites for hydroxylation is 1. The van der Waals surface area contributed by atoms with E-state index in [0.29, 0.717) is 18.2 Å². The Kier molecular flexibility index (Phi) is 9.84. The van der Waals surface area contributed by atoms with E-state index in [1.54, 1.807) is 30.0 Å². The van der Waals surface area contributed by atoms with Crippen LogP contribution in [0.3, 0.4) is 0 Å². The van der Waals surface area contributed by atoms with Crippen molar-refractivity contribution in [3.05, 3.63) is 53.6 Å². The summed E-state index contributed by atoms with van der Waals surface area (Å²) in [4.78, 5) is 22.4. The van der Waals surface area contributed by atoms with Gasteiger partial charge < -0.3 is 4.90 Å². The monoisotopic (exact) mass is 509 g/mol. The summed E-state index contributed by atoms with van der Waals surface area (Å²) in [7, 11) is -3.54. The zero-order valence-corrected chi connectivity index (χ0v) is 22.0. The van der Waals surface area contributed by atoms with E-state index in [0.717, 1.165) is 29.7 Å². The Morgan fingerprint density at radius 3 is 2.33 bits per heavy atom. The van der Waals surface area contributed by atoms with Gasteiger partial charge in [-0.25, -0.2) is 13.4 Å². The third-order valence-corrected chi connectivity index (χ3v) is 8.52. The summed E-state index contributed by atoms with van der Waals surface area (Å²) in [5.74, 6) is -0.392. The number of nitrogens with zero attached hydrogens (tertiary/aromatic N) is 3. The lowest BCUT2D eigenvalue weighted by Gasteiger charge is -2.25. The van der Waals surface area contributed by atoms with Crippen molar-refractivity contribution in [1.82, 2.24) is 9.88 Å². The summed E-state index contributed by atoms with van der Waals surface area (Å²) in [6, 6.07) is 12.6. The van der Waals surface area contributed by atoms with Crippen molar-refractivity contribution in [2.75, 3.05) is 36.8 Å². The van der Waals surface area contributed by atoms with E-state index in [2.05, 4.69) is 37.8 Å². The van der Waals surface area contributed by atoms with Gasteiger partial charge in [0.15, 0.2) is 15.0 Å². The van der Waals surface area contributed by atoms with Crippen molar-refractivity contribution in [2.24, 2.45) is 0 Å².